The number of hydrogen-bond acceptors (Lipinski definition) is 1. The van der Waals surface area contributed by atoms with E-state index in [9.17, 15) is 4.39 Å². The molecule has 0 fully saturated rings. The van der Waals surface area contributed by atoms with Gasteiger partial charge in [-0.2, -0.15) is 0 Å². The molecule has 1 nitrogen and oxygen atoms in total. The SMILES string of the molecule is COc1cccc(CC2=CC(Cl)CCC2)c1F. The lowest BCUT2D eigenvalue weighted by molar-refractivity contribution is 0.384. The first-order valence-electron chi connectivity index (χ1n) is 5.85. The number of alkyl halides is 1. The van der Waals surface area contributed by atoms with E-state index in [1.54, 1.807) is 12.1 Å². The molecule has 1 aliphatic rings. The zero-order valence-corrected chi connectivity index (χ0v) is 10.6. The van der Waals surface area contributed by atoms with Gasteiger partial charge < -0.3 is 4.74 Å². The highest BCUT2D eigenvalue weighted by Gasteiger charge is 2.14. The van der Waals surface area contributed by atoms with Crippen LogP contribution < -0.4 is 4.74 Å². The van der Waals surface area contributed by atoms with E-state index in [1.165, 1.54) is 12.7 Å². The van der Waals surface area contributed by atoms with Crippen molar-refractivity contribution >= 4 is 11.6 Å². The van der Waals surface area contributed by atoms with E-state index in [4.69, 9.17) is 16.3 Å². The molecule has 0 radical (unpaired) electrons. The van der Waals surface area contributed by atoms with Crippen LogP contribution in [0.3, 0.4) is 0 Å². The maximum atomic E-state index is 13.9. The molecule has 0 spiro atoms. The maximum Gasteiger partial charge on any atom is 0.168 e. The monoisotopic (exact) mass is 254 g/mol. The first-order chi connectivity index (χ1) is 8.20. The molecule has 1 aromatic rings. The average molecular weight is 255 g/mol. The Kier molecular flexibility index (Phi) is 4.06. The third-order valence-corrected chi connectivity index (χ3v) is 3.42. The minimum atomic E-state index is -0.257. The topological polar surface area (TPSA) is 9.23 Å². The second-order valence-corrected chi connectivity index (χ2v) is 4.90. The molecular weight excluding hydrogens is 239 g/mol. The molecule has 17 heavy (non-hydrogen) atoms. The molecule has 2 rings (SSSR count). The Bertz CT molecular complexity index is 428. The Hall–Kier alpha value is -1.02. The van der Waals surface area contributed by atoms with Gasteiger partial charge in [0.1, 0.15) is 0 Å². The molecule has 0 N–H and O–H groups in total. The Morgan fingerprint density at radius 1 is 1.47 bits per heavy atom. The molecule has 1 atom stereocenters. The van der Waals surface area contributed by atoms with E-state index < -0.39 is 0 Å². The van der Waals surface area contributed by atoms with E-state index in [2.05, 4.69) is 6.08 Å². The fraction of sp³-hybridized carbons (Fsp3) is 0.429. The number of ether oxygens (including phenoxy) is 1. The van der Waals surface area contributed by atoms with Gasteiger partial charge in [-0.05, 0) is 37.3 Å². The lowest BCUT2D eigenvalue weighted by atomic mass is 9.93. The highest BCUT2D eigenvalue weighted by molar-refractivity contribution is 6.21. The Balaban J connectivity index is 2.18. The van der Waals surface area contributed by atoms with Crippen molar-refractivity contribution in [3.8, 4) is 5.75 Å². The lowest BCUT2D eigenvalue weighted by Gasteiger charge is -2.17. The van der Waals surface area contributed by atoms with Crippen LogP contribution in [0.15, 0.2) is 29.8 Å². The van der Waals surface area contributed by atoms with E-state index >= 15 is 0 Å². The van der Waals surface area contributed by atoms with Gasteiger partial charge in [0.25, 0.3) is 0 Å². The van der Waals surface area contributed by atoms with Gasteiger partial charge in [0.15, 0.2) is 11.6 Å². The molecule has 0 amide bonds. The number of methoxy groups -OCH3 is 1. The Morgan fingerprint density at radius 2 is 2.29 bits per heavy atom. The summed E-state index contributed by atoms with van der Waals surface area (Å²) in [5.74, 6) is 0.0499. The average Bonchev–Trinajstić information content (AvgIpc) is 2.32. The van der Waals surface area contributed by atoms with Crippen LogP contribution in [-0.4, -0.2) is 12.5 Å². The molecule has 1 aliphatic carbocycles. The van der Waals surface area contributed by atoms with Crippen molar-refractivity contribution in [2.24, 2.45) is 0 Å². The second kappa shape index (κ2) is 5.54. The largest absolute Gasteiger partial charge is 0.494 e. The number of halogens is 2. The number of rotatable bonds is 3. The van der Waals surface area contributed by atoms with E-state index in [1.807, 2.05) is 6.07 Å². The third-order valence-electron chi connectivity index (χ3n) is 3.08. The normalized spacial score (nSPS) is 19.9. The molecule has 3 heteroatoms. The van der Waals surface area contributed by atoms with Crippen molar-refractivity contribution in [1.29, 1.82) is 0 Å². The van der Waals surface area contributed by atoms with Gasteiger partial charge in [-0.25, -0.2) is 4.39 Å². The molecular formula is C14H16ClFO. The van der Waals surface area contributed by atoms with Crippen molar-refractivity contribution in [1.82, 2.24) is 0 Å². The van der Waals surface area contributed by atoms with Crippen LogP contribution in [0.5, 0.6) is 5.75 Å². The van der Waals surface area contributed by atoms with Crippen LogP contribution in [0.1, 0.15) is 24.8 Å². The van der Waals surface area contributed by atoms with Gasteiger partial charge in [0.05, 0.1) is 12.5 Å². The molecule has 0 bridgehead atoms. The second-order valence-electron chi connectivity index (χ2n) is 4.34. The maximum absolute atomic E-state index is 13.9. The lowest BCUT2D eigenvalue weighted by Crippen LogP contribution is -2.06. The van der Waals surface area contributed by atoms with Crippen LogP contribution >= 0.6 is 11.6 Å². The summed E-state index contributed by atoms with van der Waals surface area (Å²) in [6.07, 6.45) is 5.81. The summed E-state index contributed by atoms with van der Waals surface area (Å²) in [6, 6.07) is 5.26. The fourth-order valence-corrected chi connectivity index (χ4v) is 2.52. The summed E-state index contributed by atoms with van der Waals surface area (Å²) in [5, 5.41) is 0.104. The Morgan fingerprint density at radius 3 is 3.00 bits per heavy atom. The predicted octanol–water partition coefficient (Wildman–Crippen LogP) is 4.09. The molecule has 0 aromatic heterocycles. The van der Waals surface area contributed by atoms with E-state index in [-0.39, 0.29) is 11.2 Å². The summed E-state index contributed by atoms with van der Waals surface area (Å²) >= 11 is 6.08. The molecule has 0 heterocycles. The van der Waals surface area contributed by atoms with Gasteiger partial charge in [0.2, 0.25) is 0 Å². The van der Waals surface area contributed by atoms with Crippen LogP contribution in [-0.2, 0) is 6.42 Å². The molecule has 1 aromatic carbocycles. The Labute approximate surface area is 106 Å². The number of hydrogen-bond donors (Lipinski definition) is 0. The summed E-state index contributed by atoms with van der Waals surface area (Å²) in [6.45, 7) is 0. The quantitative estimate of drug-likeness (QED) is 0.583. The van der Waals surface area contributed by atoms with Crippen LogP contribution in [0, 0.1) is 5.82 Å². The van der Waals surface area contributed by atoms with Crippen molar-refractivity contribution in [3.05, 3.63) is 41.2 Å². The third kappa shape index (κ3) is 3.01. The molecule has 0 aliphatic heterocycles. The van der Waals surface area contributed by atoms with Crippen LogP contribution in [0.4, 0.5) is 4.39 Å². The highest BCUT2D eigenvalue weighted by Crippen LogP contribution is 2.27. The van der Waals surface area contributed by atoms with Crippen LogP contribution in [0.2, 0.25) is 0 Å². The number of benzene rings is 1. The summed E-state index contributed by atoms with van der Waals surface area (Å²) in [4.78, 5) is 0. The predicted molar refractivity (Wildman–Crippen MR) is 68.2 cm³/mol. The van der Waals surface area contributed by atoms with Crippen molar-refractivity contribution in [3.63, 3.8) is 0 Å². The standard InChI is InChI=1S/C14H16ClFO/c1-17-13-7-3-5-11(14(13)16)8-10-4-2-6-12(15)9-10/h3,5,7,9,12H,2,4,6,8H2,1H3. The summed E-state index contributed by atoms with van der Waals surface area (Å²) < 4.78 is 18.9. The zero-order valence-electron chi connectivity index (χ0n) is 9.88. The zero-order chi connectivity index (χ0) is 12.3. The first-order valence-corrected chi connectivity index (χ1v) is 6.29. The first kappa shape index (κ1) is 12.4. The van der Waals surface area contributed by atoms with Gasteiger partial charge >= 0.3 is 0 Å². The minimum absolute atomic E-state index is 0.104. The van der Waals surface area contributed by atoms with Gasteiger partial charge in [-0.3, -0.25) is 0 Å². The molecule has 1 unspecified atom stereocenters. The fourth-order valence-electron chi connectivity index (χ4n) is 2.19. The van der Waals surface area contributed by atoms with Gasteiger partial charge in [-0.1, -0.05) is 23.8 Å². The van der Waals surface area contributed by atoms with Crippen molar-refractivity contribution in [2.45, 2.75) is 31.1 Å². The van der Waals surface area contributed by atoms with Gasteiger partial charge in [0, 0.05) is 0 Å². The van der Waals surface area contributed by atoms with Crippen LogP contribution in [0.25, 0.3) is 0 Å². The van der Waals surface area contributed by atoms with Crippen molar-refractivity contribution in [2.75, 3.05) is 7.11 Å². The summed E-state index contributed by atoms with van der Waals surface area (Å²) in [7, 11) is 1.48. The minimum Gasteiger partial charge on any atom is -0.494 e. The molecule has 92 valence electrons. The summed E-state index contributed by atoms with van der Waals surface area (Å²) in [5.41, 5.74) is 1.91. The van der Waals surface area contributed by atoms with Crippen molar-refractivity contribution < 1.29 is 9.13 Å². The molecule has 0 saturated carbocycles. The smallest absolute Gasteiger partial charge is 0.168 e. The molecule has 0 saturated heterocycles. The number of allylic oxidation sites excluding steroid dienone is 2. The van der Waals surface area contributed by atoms with E-state index in [0.29, 0.717) is 17.7 Å². The van der Waals surface area contributed by atoms with E-state index in [0.717, 1.165) is 19.3 Å². The highest BCUT2D eigenvalue weighted by atomic mass is 35.5. The van der Waals surface area contributed by atoms with Gasteiger partial charge in [-0.15, -0.1) is 11.6 Å².